The highest BCUT2D eigenvalue weighted by Crippen LogP contribution is 2.45. The van der Waals surface area contributed by atoms with Gasteiger partial charge in [-0.2, -0.15) is 0 Å². The van der Waals surface area contributed by atoms with Crippen LogP contribution in [0.15, 0.2) is 10.3 Å². The molecule has 0 saturated heterocycles. The van der Waals surface area contributed by atoms with Gasteiger partial charge < -0.3 is 4.74 Å². The van der Waals surface area contributed by atoms with Crippen LogP contribution < -0.4 is 0 Å². The standard InChI is InChI=1S/C12H20OS2/c1-13-7-11-8-14-9-12(10-15-11)5-3-2-4-6-12/h8H,2-7,9-10H2,1H3. The molecule has 1 aliphatic carbocycles. The lowest BCUT2D eigenvalue weighted by molar-refractivity contribution is 0.231. The van der Waals surface area contributed by atoms with Gasteiger partial charge in [0.25, 0.3) is 0 Å². The average Bonchev–Trinajstić information content (AvgIpc) is 2.44. The first-order chi connectivity index (χ1) is 7.35. The molecule has 1 fully saturated rings. The molecule has 1 spiro atoms. The molecule has 2 rings (SSSR count). The van der Waals surface area contributed by atoms with Crippen LogP contribution in [0.1, 0.15) is 32.1 Å². The Morgan fingerprint density at radius 1 is 1.27 bits per heavy atom. The van der Waals surface area contributed by atoms with E-state index in [1.165, 1.54) is 48.5 Å². The molecule has 0 aromatic heterocycles. The summed E-state index contributed by atoms with van der Waals surface area (Å²) >= 11 is 4.04. The van der Waals surface area contributed by atoms with E-state index in [9.17, 15) is 0 Å². The highest BCUT2D eigenvalue weighted by molar-refractivity contribution is 8.06. The first-order valence-corrected chi connectivity index (χ1v) is 7.80. The van der Waals surface area contributed by atoms with E-state index in [-0.39, 0.29) is 0 Å². The van der Waals surface area contributed by atoms with Crippen LogP contribution in [0.4, 0.5) is 0 Å². The van der Waals surface area contributed by atoms with E-state index < -0.39 is 0 Å². The zero-order valence-corrected chi connectivity index (χ0v) is 11.1. The maximum Gasteiger partial charge on any atom is 0.0776 e. The molecule has 86 valence electrons. The van der Waals surface area contributed by atoms with Crippen molar-refractivity contribution in [1.29, 1.82) is 0 Å². The summed E-state index contributed by atoms with van der Waals surface area (Å²) in [6, 6.07) is 0. The molecular formula is C12H20OS2. The first kappa shape index (κ1) is 11.9. The lowest BCUT2D eigenvalue weighted by Crippen LogP contribution is -2.29. The van der Waals surface area contributed by atoms with Crippen LogP contribution in [-0.2, 0) is 4.74 Å². The quantitative estimate of drug-likeness (QED) is 0.729. The minimum atomic E-state index is 0.638. The third kappa shape index (κ3) is 3.18. The summed E-state index contributed by atoms with van der Waals surface area (Å²) in [5, 5.41) is 2.32. The molecule has 0 unspecified atom stereocenters. The second kappa shape index (κ2) is 5.65. The van der Waals surface area contributed by atoms with Crippen molar-refractivity contribution in [2.75, 3.05) is 25.2 Å². The molecule has 1 nitrogen and oxygen atoms in total. The summed E-state index contributed by atoms with van der Waals surface area (Å²) in [7, 11) is 1.79. The zero-order chi connectivity index (χ0) is 10.6. The van der Waals surface area contributed by atoms with Gasteiger partial charge in [0.1, 0.15) is 0 Å². The van der Waals surface area contributed by atoms with Crippen molar-refractivity contribution >= 4 is 23.5 Å². The molecule has 3 heteroatoms. The number of methoxy groups -OCH3 is 1. The minimum Gasteiger partial charge on any atom is -0.379 e. The first-order valence-electron chi connectivity index (χ1n) is 5.77. The number of hydrogen-bond acceptors (Lipinski definition) is 3. The monoisotopic (exact) mass is 244 g/mol. The number of thioether (sulfide) groups is 2. The second-order valence-electron chi connectivity index (χ2n) is 4.68. The SMILES string of the molecule is COCC1=CSCC2(CCCCC2)CS1. The molecule has 1 heterocycles. The van der Waals surface area contributed by atoms with Crippen LogP contribution in [-0.4, -0.2) is 25.2 Å². The Bertz CT molecular complexity index is 232. The number of rotatable bonds is 2. The Morgan fingerprint density at radius 2 is 2.07 bits per heavy atom. The average molecular weight is 244 g/mol. The summed E-state index contributed by atoms with van der Waals surface area (Å²) in [6.07, 6.45) is 7.24. The van der Waals surface area contributed by atoms with E-state index in [2.05, 4.69) is 5.41 Å². The highest BCUT2D eigenvalue weighted by atomic mass is 32.2. The normalized spacial score (nSPS) is 26.1. The topological polar surface area (TPSA) is 9.23 Å². The van der Waals surface area contributed by atoms with Crippen LogP contribution in [0.25, 0.3) is 0 Å². The van der Waals surface area contributed by atoms with Crippen molar-refractivity contribution in [3.8, 4) is 0 Å². The van der Waals surface area contributed by atoms with Crippen molar-refractivity contribution in [3.05, 3.63) is 10.3 Å². The maximum absolute atomic E-state index is 5.21. The Morgan fingerprint density at radius 3 is 2.80 bits per heavy atom. The fourth-order valence-electron chi connectivity index (χ4n) is 2.44. The summed E-state index contributed by atoms with van der Waals surface area (Å²) in [4.78, 5) is 1.42. The van der Waals surface area contributed by atoms with E-state index >= 15 is 0 Å². The van der Waals surface area contributed by atoms with Gasteiger partial charge in [0.15, 0.2) is 0 Å². The third-order valence-electron chi connectivity index (χ3n) is 3.37. The van der Waals surface area contributed by atoms with Crippen molar-refractivity contribution in [2.24, 2.45) is 5.41 Å². The van der Waals surface area contributed by atoms with Crippen LogP contribution >= 0.6 is 23.5 Å². The van der Waals surface area contributed by atoms with Crippen LogP contribution in [0.5, 0.6) is 0 Å². The van der Waals surface area contributed by atoms with Gasteiger partial charge in [-0.05, 0) is 23.7 Å². The molecule has 0 aromatic rings. The van der Waals surface area contributed by atoms with Crippen molar-refractivity contribution in [2.45, 2.75) is 32.1 Å². The Balaban J connectivity index is 1.91. The maximum atomic E-state index is 5.21. The van der Waals surface area contributed by atoms with Crippen molar-refractivity contribution in [3.63, 3.8) is 0 Å². The fourth-order valence-corrected chi connectivity index (χ4v) is 5.21. The van der Waals surface area contributed by atoms with E-state index in [0.29, 0.717) is 5.41 Å². The molecule has 1 saturated carbocycles. The molecule has 0 radical (unpaired) electrons. The summed E-state index contributed by atoms with van der Waals surface area (Å²) in [5.41, 5.74) is 0.638. The zero-order valence-electron chi connectivity index (χ0n) is 9.46. The van der Waals surface area contributed by atoms with Gasteiger partial charge in [0.05, 0.1) is 6.61 Å². The molecular weight excluding hydrogens is 224 g/mol. The van der Waals surface area contributed by atoms with E-state index in [1.54, 1.807) is 7.11 Å². The fraction of sp³-hybridized carbons (Fsp3) is 0.833. The molecule has 0 aromatic carbocycles. The predicted octanol–water partition coefficient (Wildman–Crippen LogP) is 3.90. The molecule has 2 aliphatic rings. The minimum absolute atomic E-state index is 0.638. The lowest BCUT2D eigenvalue weighted by Gasteiger charge is -2.35. The molecule has 15 heavy (non-hydrogen) atoms. The van der Waals surface area contributed by atoms with E-state index in [0.717, 1.165) is 6.61 Å². The molecule has 1 aliphatic heterocycles. The smallest absolute Gasteiger partial charge is 0.0776 e. The van der Waals surface area contributed by atoms with E-state index in [1.807, 2.05) is 23.5 Å². The van der Waals surface area contributed by atoms with Gasteiger partial charge in [-0.1, -0.05) is 19.3 Å². The summed E-state index contributed by atoms with van der Waals surface area (Å²) in [5.74, 6) is 2.64. The number of ether oxygens (including phenoxy) is 1. The van der Waals surface area contributed by atoms with Gasteiger partial charge in [-0.15, -0.1) is 23.5 Å². The Kier molecular flexibility index (Phi) is 4.47. The Labute approximate surface area is 101 Å². The van der Waals surface area contributed by atoms with E-state index in [4.69, 9.17) is 4.74 Å². The van der Waals surface area contributed by atoms with Gasteiger partial charge in [0, 0.05) is 23.5 Å². The van der Waals surface area contributed by atoms with Gasteiger partial charge in [-0.25, -0.2) is 0 Å². The largest absolute Gasteiger partial charge is 0.379 e. The third-order valence-corrected chi connectivity index (χ3v) is 6.11. The van der Waals surface area contributed by atoms with Crippen molar-refractivity contribution in [1.82, 2.24) is 0 Å². The van der Waals surface area contributed by atoms with Crippen LogP contribution in [0.2, 0.25) is 0 Å². The molecule has 0 atom stereocenters. The summed E-state index contributed by atoms with van der Waals surface area (Å²) < 4.78 is 5.21. The number of hydrogen-bond donors (Lipinski definition) is 0. The Hall–Kier alpha value is 0.400. The second-order valence-corrected chi connectivity index (χ2v) is 6.64. The van der Waals surface area contributed by atoms with Gasteiger partial charge >= 0.3 is 0 Å². The van der Waals surface area contributed by atoms with Crippen LogP contribution in [0.3, 0.4) is 0 Å². The molecule has 0 amide bonds. The predicted molar refractivity (Wildman–Crippen MR) is 70.4 cm³/mol. The van der Waals surface area contributed by atoms with Crippen LogP contribution in [0, 0.1) is 5.41 Å². The van der Waals surface area contributed by atoms with Gasteiger partial charge in [-0.3, -0.25) is 0 Å². The van der Waals surface area contributed by atoms with Crippen molar-refractivity contribution < 1.29 is 4.74 Å². The molecule has 0 N–H and O–H groups in total. The van der Waals surface area contributed by atoms with Gasteiger partial charge in [0.2, 0.25) is 0 Å². The summed E-state index contributed by atoms with van der Waals surface area (Å²) in [6.45, 7) is 0.799. The molecule has 0 bridgehead atoms. The lowest BCUT2D eigenvalue weighted by atomic mass is 9.77. The highest BCUT2D eigenvalue weighted by Gasteiger charge is 2.33.